The first-order valence-corrected chi connectivity index (χ1v) is 6.07. The molecule has 1 aromatic carbocycles. The molecule has 0 saturated heterocycles. The lowest BCUT2D eigenvalue weighted by Gasteiger charge is -2.22. The molecule has 6 heteroatoms. The summed E-state index contributed by atoms with van der Waals surface area (Å²) >= 11 is 0. The van der Waals surface area contributed by atoms with Gasteiger partial charge in [-0.05, 0) is 20.8 Å². The van der Waals surface area contributed by atoms with Crippen LogP contribution in [0, 0.1) is 0 Å². The van der Waals surface area contributed by atoms with Gasteiger partial charge in [0.25, 0.3) is 0 Å². The summed E-state index contributed by atoms with van der Waals surface area (Å²) in [6.45, 7) is 5.32. The number of anilines is 1. The number of carbonyl (C=O) groups excluding carboxylic acids is 1. The highest BCUT2D eigenvalue weighted by Gasteiger charge is 2.28. The quantitative estimate of drug-likeness (QED) is 0.674. The number of hydrogen-bond acceptors (Lipinski definition) is 6. The molecule has 0 saturated carbocycles. The molecule has 0 aliphatic heterocycles. The van der Waals surface area contributed by atoms with Gasteiger partial charge >= 0.3 is 5.97 Å². The molecule has 0 aromatic heterocycles. The van der Waals surface area contributed by atoms with Crippen molar-refractivity contribution in [3.05, 3.63) is 11.6 Å². The highest BCUT2D eigenvalue weighted by atomic mass is 16.6. The van der Waals surface area contributed by atoms with Crippen LogP contribution in [0.25, 0.3) is 0 Å². The Bertz CT molecular complexity index is 505. The summed E-state index contributed by atoms with van der Waals surface area (Å²) < 4.78 is 20.9. The minimum absolute atomic E-state index is 0.125. The number of nitrogens with two attached hydrogens (primary N) is 1. The fourth-order valence-electron chi connectivity index (χ4n) is 1.71. The average Bonchev–Trinajstić information content (AvgIpc) is 2.34. The Morgan fingerprint density at radius 2 is 1.60 bits per heavy atom. The Morgan fingerprint density at radius 1 is 1.05 bits per heavy atom. The van der Waals surface area contributed by atoms with E-state index in [2.05, 4.69) is 0 Å². The van der Waals surface area contributed by atoms with Crippen molar-refractivity contribution in [1.82, 2.24) is 0 Å². The molecule has 0 spiro atoms. The zero-order valence-corrected chi connectivity index (χ0v) is 12.7. The molecule has 0 aliphatic carbocycles. The van der Waals surface area contributed by atoms with Crippen LogP contribution in [0.5, 0.6) is 17.2 Å². The van der Waals surface area contributed by atoms with E-state index in [9.17, 15) is 4.79 Å². The maximum Gasteiger partial charge on any atom is 0.344 e. The molecule has 0 aliphatic rings. The molecule has 20 heavy (non-hydrogen) atoms. The first-order valence-electron chi connectivity index (χ1n) is 6.07. The molecule has 0 unspecified atom stereocenters. The minimum atomic E-state index is -0.637. The van der Waals surface area contributed by atoms with Gasteiger partial charge in [-0.3, -0.25) is 0 Å². The van der Waals surface area contributed by atoms with Crippen LogP contribution in [-0.2, 0) is 4.74 Å². The van der Waals surface area contributed by atoms with Crippen LogP contribution in [0.4, 0.5) is 5.69 Å². The van der Waals surface area contributed by atoms with Crippen molar-refractivity contribution < 1.29 is 23.7 Å². The van der Waals surface area contributed by atoms with Gasteiger partial charge in [-0.2, -0.15) is 0 Å². The molecule has 1 rings (SSSR count). The highest BCUT2D eigenvalue weighted by Crippen LogP contribution is 2.43. The Labute approximate surface area is 118 Å². The lowest BCUT2D eigenvalue weighted by molar-refractivity contribution is 0.00673. The van der Waals surface area contributed by atoms with E-state index < -0.39 is 11.6 Å². The van der Waals surface area contributed by atoms with Crippen LogP contribution < -0.4 is 19.9 Å². The maximum atomic E-state index is 12.3. The van der Waals surface area contributed by atoms with E-state index in [0.29, 0.717) is 11.5 Å². The van der Waals surface area contributed by atoms with Crippen LogP contribution in [-0.4, -0.2) is 32.9 Å². The molecule has 1 aromatic rings. The predicted octanol–water partition coefficient (Wildman–Crippen LogP) is 2.25. The van der Waals surface area contributed by atoms with Gasteiger partial charge in [0.1, 0.15) is 11.2 Å². The number of rotatable bonds is 4. The molecule has 0 bridgehead atoms. The van der Waals surface area contributed by atoms with Gasteiger partial charge in [0.2, 0.25) is 5.75 Å². The summed E-state index contributed by atoms with van der Waals surface area (Å²) in [4.78, 5) is 12.3. The first-order chi connectivity index (χ1) is 9.25. The number of carbonyl (C=O) groups is 1. The van der Waals surface area contributed by atoms with Crippen LogP contribution in [0.15, 0.2) is 6.07 Å². The van der Waals surface area contributed by atoms with Crippen molar-refractivity contribution in [3.8, 4) is 17.2 Å². The second-order valence-electron chi connectivity index (χ2n) is 5.11. The highest BCUT2D eigenvalue weighted by molar-refractivity contribution is 6.00. The SMILES string of the molecule is COc1cc(N)c(C(=O)OC(C)(C)C)c(OC)c1OC. The lowest BCUT2D eigenvalue weighted by atomic mass is 10.1. The number of esters is 1. The fraction of sp³-hybridized carbons (Fsp3) is 0.500. The first kappa shape index (κ1) is 15.9. The standard InChI is InChI=1S/C14H21NO5/c1-14(2,3)20-13(16)10-8(15)7-9(17-4)11(18-5)12(10)19-6/h7H,15H2,1-6H3. The van der Waals surface area contributed by atoms with Gasteiger partial charge in [-0.15, -0.1) is 0 Å². The fourth-order valence-corrected chi connectivity index (χ4v) is 1.71. The van der Waals surface area contributed by atoms with Gasteiger partial charge in [-0.25, -0.2) is 4.79 Å². The molecule has 0 fully saturated rings. The third kappa shape index (κ3) is 3.26. The Kier molecular flexibility index (Phi) is 4.70. The summed E-state index contributed by atoms with van der Waals surface area (Å²) in [7, 11) is 4.35. The van der Waals surface area contributed by atoms with Crippen molar-refractivity contribution in [2.75, 3.05) is 27.1 Å². The van der Waals surface area contributed by atoms with Gasteiger partial charge in [0.05, 0.1) is 27.0 Å². The molecule has 112 valence electrons. The molecule has 2 N–H and O–H groups in total. The third-order valence-corrected chi connectivity index (χ3v) is 2.46. The normalized spacial score (nSPS) is 10.9. The van der Waals surface area contributed by atoms with Crippen molar-refractivity contribution in [2.24, 2.45) is 0 Å². The second kappa shape index (κ2) is 5.90. The summed E-state index contributed by atoms with van der Waals surface area (Å²) in [5.41, 5.74) is 5.59. The molecule has 0 radical (unpaired) electrons. The van der Waals surface area contributed by atoms with Crippen molar-refractivity contribution >= 4 is 11.7 Å². The Morgan fingerprint density at radius 3 is 2.00 bits per heavy atom. The van der Waals surface area contributed by atoms with Crippen LogP contribution in [0.2, 0.25) is 0 Å². The number of benzene rings is 1. The topological polar surface area (TPSA) is 80.0 Å². The van der Waals surface area contributed by atoms with Crippen molar-refractivity contribution in [1.29, 1.82) is 0 Å². The van der Waals surface area contributed by atoms with Gasteiger partial charge in [0.15, 0.2) is 11.5 Å². The summed E-state index contributed by atoms with van der Waals surface area (Å²) in [6.07, 6.45) is 0. The second-order valence-corrected chi connectivity index (χ2v) is 5.11. The maximum absolute atomic E-state index is 12.3. The largest absolute Gasteiger partial charge is 0.493 e. The smallest absolute Gasteiger partial charge is 0.344 e. The number of ether oxygens (including phenoxy) is 4. The van der Waals surface area contributed by atoms with Crippen LogP contribution in [0.1, 0.15) is 31.1 Å². The van der Waals surface area contributed by atoms with E-state index in [4.69, 9.17) is 24.7 Å². The van der Waals surface area contributed by atoms with E-state index in [1.54, 1.807) is 20.8 Å². The zero-order valence-electron chi connectivity index (χ0n) is 12.7. The van der Waals surface area contributed by atoms with Crippen LogP contribution >= 0.6 is 0 Å². The zero-order chi connectivity index (χ0) is 15.5. The van der Waals surface area contributed by atoms with Crippen LogP contribution in [0.3, 0.4) is 0 Å². The van der Waals surface area contributed by atoms with E-state index in [0.717, 1.165) is 0 Å². The summed E-state index contributed by atoms with van der Waals surface area (Å²) in [5.74, 6) is 0.297. The molecule has 0 atom stereocenters. The molecular weight excluding hydrogens is 262 g/mol. The Balaban J connectivity index is 3.42. The molecule has 0 amide bonds. The average molecular weight is 283 g/mol. The monoisotopic (exact) mass is 283 g/mol. The predicted molar refractivity (Wildman–Crippen MR) is 75.7 cm³/mol. The van der Waals surface area contributed by atoms with Gasteiger partial charge in [-0.1, -0.05) is 0 Å². The number of hydrogen-bond donors (Lipinski definition) is 1. The van der Waals surface area contributed by atoms with E-state index >= 15 is 0 Å². The lowest BCUT2D eigenvalue weighted by Crippen LogP contribution is -2.25. The number of nitrogen functional groups attached to an aromatic ring is 1. The van der Waals surface area contributed by atoms with Gasteiger partial charge < -0.3 is 24.7 Å². The molecule has 0 heterocycles. The molecular formula is C14H21NO5. The molecule has 6 nitrogen and oxygen atoms in total. The summed E-state index contributed by atoms with van der Waals surface area (Å²) in [6, 6.07) is 1.50. The van der Waals surface area contributed by atoms with Gasteiger partial charge in [0, 0.05) is 6.07 Å². The Hall–Kier alpha value is -2.11. The van der Waals surface area contributed by atoms with E-state index in [-0.39, 0.29) is 17.0 Å². The van der Waals surface area contributed by atoms with E-state index in [1.165, 1.54) is 27.4 Å². The van der Waals surface area contributed by atoms with Crippen molar-refractivity contribution in [3.63, 3.8) is 0 Å². The minimum Gasteiger partial charge on any atom is -0.493 e. The van der Waals surface area contributed by atoms with Crippen molar-refractivity contribution in [2.45, 2.75) is 26.4 Å². The third-order valence-electron chi connectivity index (χ3n) is 2.46. The summed E-state index contributed by atoms with van der Waals surface area (Å²) in [5, 5.41) is 0. The number of methoxy groups -OCH3 is 3. The van der Waals surface area contributed by atoms with E-state index in [1.807, 2.05) is 0 Å².